The number of benzene rings is 2. The molecule has 0 aliphatic rings. The van der Waals surface area contributed by atoms with E-state index >= 15 is 0 Å². The second-order valence-corrected chi connectivity index (χ2v) is 6.93. The van der Waals surface area contributed by atoms with Crippen LogP contribution in [0.25, 0.3) is 0 Å². The van der Waals surface area contributed by atoms with Gasteiger partial charge in [0.1, 0.15) is 0 Å². The standard InChI is InChI=1S/C20H20N2O3S/c1-13-4-6-14(7-5-13)10-16-12-21-20(26-16)22-19(23)15-8-9-17(24-2)18(11-15)25-3/h4-9,11-12H,10H2,1-3H3,(H,21,22,23). The van der Waals surface area contributed by atoms with Crippen LogP contribution in [0.1, 0.15) is 26.4 Å². The van der Waals surface area contributed by atoms with Crippen molar-refractivity contribution in [1.29, 1.82) is 0 Å². The minimum atomic E-state index is -0.234. The maximum Gasteiger partial charge on any atom is 0.257 e. The number of rotatable bonds is 6. The molecule has 5 nitrogen and oxygen atoms in total. The summed E-state index contributed by atoms with van der Waals surface area (Å²) in [5.41, 5.74) is 2.94. The molecule has 26 heavy (non-hydrogen) atoms. The van der Waals surface area contributed by atoms with Crippen molar-refractivity contribution in [2.75, 3.05) is 19.5 Å². The molecule has 3 aromatic rings. The highest BCUT2D eigenvalue weighted by atomic mass is 32.1. The number of nitrogens with one attached hydrogen (secondary N) is 1. The normalized spacial score (nSPS) is 10.4. The minimum Gasteiger partial charge on any atom is -0.493 e. The molecule has 1 aromatic heterocycles. The van der Waals surface area contributed by atoms with Gasteiger partial charge in [0.15, 0.2) is 16.6 Å². The van der Waals surface area contributed by atoms with Gasteiger partial charge in [0, 0.05) is 23.1 Å². The van der Waals surface area contributed by atoms with Crippen molar-refractivity contribution in [3.8, 4) is 11.5 Å². The van der Waals surface area contributed by atoms with Gasteiger partial charge in [-0.1, -0.05) is 29.8 Å². The highest BCUT2D eigenvalue weighted by Gasteiger charge is 2.13. The molecule has 1 heterocycles. The molecule has 0 aliphatic heterocycles. The van der Waals surface area contributed by atoms with Crippen molar-refractivity contribution >= 4 is 22.4 Å². The van der Waals surface area contributed by atoms with E-state index < -0.39 is 0 Å². The summed E-state index contributed by atoms with van der Waals surface area (Å²) in [6.07, 6.45) is 2.60. The number of carbonyl (C=O) groups is 1. The van der Waals surface area contributed by atoms with E-state index in [4.69, 9.17) is 9.47 Å². The fourth-order valence-electron chi connectivity index (χ4n) is 2.50. The quantitative estimate of drug-likeness (QED) is 0.704. The van der Waals surface area contributed by atoms with Gasteiger partial charge < -0.3 is 9.47 Å². The fraction of sp³-hybridized carbons (Fsp3) is 0.200. The number of amides is 1. The van der Waals surface area contributed by atoms with E-state index in [1.165, 1.54) is 29.6 Å². The summed E-state index contributed by atoms with van der Waals surface area (Å²) in [5.74, 6) is 0.861. The lowest BCUT2D eigenvalue weighted by molar-refractivity contribution is 0.102. The van der Waals surface area contributed by atoms with Gasteiger partial charge in [0.25, 0.3) is 5.91 Å². The van der Waals surface area contributed by atoms with Gasteiger partial charge in [-0.3, -0.25) is 10.1 Å². The van der Waals surface area contributed by atoms with Gasteiger partial charge in [-0.2, -0.15) is 0 Å². The van der Waals surface area contributed by atoms with Crippen LogP contribution in [0, 0.1) is 6.92 Å². The van der Waals surface area contributed by atoms with E-state index in [2.05, 4.69) is 41.5 Å². The summed E-state index contributed by atoms with van der Waals surface area (Å²) >= 11 is 1.47. The van der Waals surface area contributed by atoms with Crippen molar-refractivity contribution in [3.05, 3.63) is 70.2 Å². The number of carbonyl (C=O) groups excluding carboxylic acids is 1. The SMILES string of the molecule is COc1ccc(C(=O)Nc2ncc(Cc3ccc(C)cc3)s2)cc1OC. The lowest BCUT2D eigenvalue weighted by atomic mass is 10.1. The Kier molecular flexibility index (Phi) is 5.53. The second-order valence-electron chi connectivity index (χ2n) is 5.82. The van der Waals surface area contributed by atoms with Crippen molar-refractivity contribution < 1.29 is 14.3 Å². The molecule has 0 atom stereocenters. The molecule has 134 valence electrons. The average molecular weight is 368 g/mol. The Hall–Kier alpha value is -2.86. The molecule has 0 saturated carbocycles. The zero-order valence-corrected chi connectivity index (χ0v) is 15.7. The van der Waals surface area contributed by atoms with Gasteiger partial charge in [0.2, 0.25) is 0 Å². The summed E-state index contributed by atoms with van der Waals surface area (Å²) in [7, 11) is 3.10. The smallest absolute Gasteiger partial charge is 0.257 e. The number of ether oxygens (including phenoxy) is 2. The zero-order valence-electron chi connectivity index (χ0n) is 14.9. The molecular formula is C20H20N2O3S. The molecule has 0 fully saturated rings. The van der Waals surface area contributed by atoms with Crippen LogP contribution in [0.3, 0.4) is 0 Å². The van der Waals surface area contributed by atoms with Gasteiger partial charge in [0.05, 0.1) is 14.2 Å². The van der Waals surface area contributed by atoms with Crippen LogP contribution in [0.5, 0.6) is 11.5 Å². The number of aryl methyl sites for hydroxylation is 1. The third kappa shape index (κ3) is 4.21. The van der Waals surface area contributed by atoms with Crippen LogP contribution in [-0.4, -0.2) is 25.1 Å². The first kappa shape index (κ1) is 17.9. The van der Waals surface area contributed by atoms with E-state index in [0.29, 0.717) is 22.2 Å². The first-order valence-electron chi connectivity index (χ1n) is 8.12. The van der Waals surface area contributed by atoms with Crippen molar-refractivity contribution in [3.63, 3.8) is 0 Å². The number of hydrogen-bond donors (Lipinski definition) is 1. The van der Waals surface area contributed by atoms with Gasteiger partial charge in [-0.25, -0.2) is 4.98 Å². The van der Waals surface area contributed by atoms with Crippen molar-refractivity contribution in [2.24, 2.45) is 0 Å². The zero-order chi connectivity index (χ0) is 18.5. The predicted octanol–water partition coefficient (Wildman–Crippen LogP) is 4.31. The fourth-order valence-corrected chi connectivity index (χ4v) is 3.34. The van der Waals surface area contributed by atoms with Crippen LogP contribution in [-0.2, 0) is 6.42 Å². The molecule has 0 saturated heterocycles. The number of anilines is 1. The monoisotopic (exact) mass is 368 g/mol. The predicted molar refractivity (Wildman–Crippen MR) is 104 cm³/mol. The summed E-state index contributed by atoms with van der Waals surface area (Å²) < 4.78 is 10.4. The Balaban J connectivity index is 1.68. The van der Waals surface area contributed by atoms with Crippen LogP contribution in [0.4, 0.5) is 5.13 Å². The van der Waals surface area contributed by atoms with Gasteiger partial charge in [-0.05, 0) is 30.7 Å². The lowest BCUT2D eigenvalue weighted by Crippen LogP contribution is -2.11. The van der Waals surface area contributed by atoms with E-state index in [9.17, 15) is 4.79 Å². The number of aromatic nitrogens is 1. The van der Waals surface area contributed by atoms with Crippen molar-refractivity contribution in [1.82, 2.24) is 4.98 Å². The molecule has 0 aliphatic carbocycles. The molecule has 0 unspecified atom stereocenters. The van der Waals surface area contributed by atoms with Crippen LogP contribution < -0.4 is 14.8 Å². The number of nitrogens with zero attached hydrogens (tertiary/aromatic N) is 1. The Labute approximate surface area is 156 Å². The summed E-state index contributed by atoms with van der Waals surface area (Å²) in [5, 5.41) is 3.41. The number of methoxy groups -OCH3 is 2. The third-order valence-corrected chi connectivity index (χ3v) is 4.83. The van der Waals surface area contributed by atoms with E-state index in [0.717, 1.165) is 11.3 Å². The Morgan fingerprint density at radius 2 is 1.81 bits per heavy atom. The molecule has 3 rings (SSSR count). The van der Waals surface area contributed by atoms with E-state index in [1.807, 2.05) is 0 Å². The van der Waals surface area contributed by atoms with Crippen LogP contribution >= 0.6 is 11.3 Å². The second kappa shape index (κ2) is 8.01. The molecule has 0 radical (unpaired) electrons. The van der Waals surface area contributed by atoms with Crippen LogP contribution in [0.15, 0.2) is 48.7 Å². The van der Waals surface area contributed by atoms with Crippen molar-refractivity contribution in [2.45, 2.75) is 13.3 Å². The first-order chi connectivity index (χ1) is 12.6. The maximum absolute atomic E-state index is 12.4. The highest BCUT2D eigenvalue weighted by molar-refractivity contribution is 7.15. The molecule has 6 heteroatoms. The minimum absolute atomic E-state index is 0.234. The average Bonchev–Trinajstić information content (AvgIpc) is 3.09. The topological polar surface area (TPSA) is 60.5 Å². The molecule has 2 aromatic carbocycles. The van der Waals surface area contributed by atoms with E-state index in [1.54, 1.807) is 31.5 Å². The molecule has 1 N–H and O–H groups in total. The molecular weight excluding hydrogens is 348 g/mol. The maximum atomic E-state index is 12.4. The highest BCUT2D eigenvalue weighted by Crippen LogP contribution is 2.28. The number of hydrogen-bond acceptors (Lipinski definition) is 5. The van der Waals surface area contributed by atoms with E-state index in [-0.39, 0.29) is 5.91 Å². The summed E-state index contributed by atoms with van der Waals surface area (Å²) in [6, 6.07) is 13.4. The Bertz CT molecular complexity index is 904. The summed E-state index contributed by atoms with van der Waals surface area (Å²) in [4.78, 5) is 17.8. The Morgan fingerprint density at radius 1 is 1.08 bits per heavy atom. The molecule has 1 amide bonds. The Morgan fingerprint density at radius 3 is 2.50 bits per heavy atom. The lowest BCUT2D eigenvalue weighted by Gasteiger charge is -2.09. The van der Waals surface area contributed by atoms with Gasteiger partial charge >= 0.3 is 0 Å². The number of thiazole rings is 1. The molecule has 0 spiro atoms. The molecule has 0 bridgehead atoms. The van der Waals surface area contributed by atoms with Gasteiger partial charge in [-0.15, -0.1) is 11.3 Å². The summed E-state index contributed by atoms with van der Waals surface area (Å²) in [6.45, 7) is 2.07. The third-order valence-electron chi connectivity index (χ3n) is 3.92. The van der Waals surface area contributed by atoms with Crippen LogP contribution in [0.2, 0.25) is 0 Å². The largest absolute Gasteiger partial charge is 0.493 e. The first-order valence-corrected chi connectivity index (χ1v) is 8.94.